The first-order chi connectivity index (χ1) is 7.08. The predicted molar refractivity (Wildman–Crippen MR) is 53.8 cm³/mol. The third-order valence-corrected chi connectivity index (χ3v) is 2.71. The first-order valence-corrected chi connectivity index (χ1v) is 5.56. The van der Waals surface area contributed by atoms with Crippen molar-refractivity contribution in [3.63, 3.8) is 0 Å². The lowest BCUT2D eigenvalue weighted by Crippen LogP contribution is -2.32. The van der Waals surface area contributed by atoms with Gasteiger partial charge in [0, 0.05) is 6.54 Å². The average Bonchev–Trinajstić information content (AvgIpc) is 2.17. The molecule has 15 heavy (non-hydrogen) atoms. The van der Waals surface area contributed by atoms with Gasteiger partial charge >= 0.3 is 6.18 Å². The standard InChI is InChI=1S/C10H19F3N2/c11-10(12,13)4-7-14-6-3-9-2-1-5-15-8-9/h9,14-15H,1-8H2. The molecule has 0 aromatic carbocycles. The SMILES string of the molecule is FC(F)(F)CCNCCC1CCCNC1. The van der Waals surface area contributed by atoms with E-state index in [1.54, 1.807) is 0 Å². The summed E-state index contributed by atoms with van der Waals surface area (Å²) in [4.78, 5) is 0. The predicted octanol–water partition coefficient (Wildman–Crippen LogP) is 1.92. The van der Waals surface area contributed by atoms with Gasteiger partial charge in [-0.3, -0.25) is 0 Å². The van der Waals surface area contributed by atoms with Crippen molar-refractivity contribution in [1.29, 1.82) is 0 Å². The zero-order valence-corrected chi connectivity index (χ0v) is 8.87. The molecular weight excluding hydrogens is 205 g/mol. The molecule has 0 spiro atoms. The minimum Gasteiger partial charge on any atom is -0.316 e. The number of piperidine rings is 1. The van der Waals surface area contributed by atoms with E-state index in [1.807, 2.05) is 0 Å². The van der Waals surface area contributed by atoms with Crippen molar-refractivity contribution < 1.29 is 13.2 Å². The van der Waals surface area contributed by atoms with Gasteiger partial charge in [0.2, 0.25) is 0 Å². The average molecular weight is 224 g/mol. The summed E-state index contributed by atoms with van der Waals surface area (Å²) >= 11 is 0. The van der Waals surface area contributed by atoms with Crippen molar-refractivity contribution in [3.8, 4) is 0 Å². The Morgan fingerprint density at radius 2 is 2.07 bits per heavy atom. The Morgan fingerprint density at radius 3 is 2.67 bits per heavy atom. The van der Waals surface area contributed by atoms with E-state index in [9.17, 15) is 13.2 Å². The van der Waals surface area contributed by atoms with E-state index in [1.165, 1.54) is 12.8 Å². The molecule has 0 amide bonds. The van der Waals surface area contributed by atoms with Gasteiger partial charge in [-0.05, 0) is 44.8 Å². The minimum atomic E-state index is -4.03. The Labute approximate surface area is 88.6 Å². The van der Waals surface area contributed by atoms with Gasteiger partial charge in [0.05, 0.1) is 6.42 Å². The van der Waals surface area contributed by atoms with E-state index in [4.69, 9.17) is 0 Å². The summed E-state index contributed by atoms with van der Waals surface area (Å²) in [7, 11) is 0. The van der Waals surface area contributed by atoms with Gasteiger partial charge < -0.3 is 10.6 Å². The first kappa shape index (κ1) is 12.8. The fraction of sp³-hybridized carbons (Fsp3) is 1.00. The lowest BCUT2D eigenvalue weighted by atomic mass is 9.96. The highest BCUT2D eigenvalue weighted by Crippen LogP contribution is 2.18. The number of hydrogen-bond acceptors (Lipinski definition) is 2. The summed E-state index contributed by atoms with van der Waals surface area (Å²) in [5.74, 6) is 0.636. The number of alkyl halides is 3. The Balaban J connectivity index is 1.92. The zero-order valence-electron chi connectivity index (χ0n) is 8.87. The van der Waals surface area contributed by atoms with Gasteiger partial charge in [0.15, 0.2) is 0 Å². The maximum Gasteiger partial charge on any atom is 0.390 e. The molecule has 0 radical (unpaired) electrons. The van der Waals surface area contributed by atoms with Crippen LogP contribution in [0.2, 0.25) is 0 Å². The van der Waals surface area contributed by atoms with E-state index in [0.29, 0.717) is 12.5 Å². The lowest BCUT2D eigenvalue weighted by Gasteiger charge is -2.22. The highest BCUT2D eigenvalue weighted by atomic mass is 19.4. The quantitative estimate of drug-likeness (QED) is 0.697. The Kier molecular flexibility index (Phi) is 5.39. The van der Waals surface area contributed by atoms with Gasteiger partial charge in [-0.15, -0.1) is 0 Å². The molecule has 0 aliphatic carbocycles. The van der Waals surface area contributed by atoms with E-state index in [-0.39, 0.29) is 6.54 Å². The summed E-state index contributed by atoms with van der Waals surface area (Å²) < 4.78 is 35.4. The van der Waals surface area contributed by atoms with Crippen molar-refractivity contribution in [3.05, 3.63) is 0 Å². The van der Waals surface area contributed by atoms with Gasteiger partial charge in [0.25, 0.3) is 0 Å². The molecule has 2 N–H and O–H groups in total. The Bertz CT molecular complexity index is 165. The van der Waals surface area contributed by atoms with E-state index in [2.05, 4.69) is 10.6 Å². The van der Waals surface area contributed by atoms with Gasteiger partial charge in [-0.1, -0.05) is 0 Å². The third-order valence-electron chi connectivity index (χ3n) is 2.71. The van der Waals surface area contributed by atoms with Crippen LogP contribution in [0.3, 0.4) is 0 Å². The molecule has 5 heteroatoms. The molecule has 1 heterocycles. The summed E-state index contributed by atoms with van der Waals surface area (Å²) in [5.41, 5.74) is 0. The third kappa shape index (κ3) is 6.73. The van der Waals surface area contributed by atoms with Crippen LogP contribution in [0.25, 0.3) is 0 Å². The second kappa shape index (κ2) is 6.33. The molecule has 1 saturated heterocycles. The number of nitrogens with one attached hydrogen (secondary N) is 2. The van der Waals surface area contributed by atoms with Crippen LogP contribution >= 0.6 is 0 Å². The summed E-state index contributed by atoms with van der Waals surface area (Å²) in [6, 6.07) is 0. The number of hydrogen-bond donors (Lipinski definition) is 2. The summed E-state index contributed by atoms with van der Waals surface area (Å²) in [6.45, 7) is 2.84. The van der Waals surface area contributed by atoms with Crippen LogP contribution in [0, 0.1) is 5.92 Å². The second-order valence-corrected chi connectivity index (χ2v) is 4.12. The fourth-order valence-electron chi connectivity index (χ4n) is 1.83. The van der Waals surface area contributed by atoms with Crippen molar-refractivity contribution >= 4 is 0 Å². The van der Waals surface area contributed by atoms with E-state index in [0.717, 1.165) is 19.5 Å². The van der Waals surface area contributed by atoms with Gasteiger partial charge in [-0.2, -0.15) is 13.2 Å². The summed E-state index contributed by atoms with van der Waals surface area (Å²) in [6.07, 6.45) is -1.39. The first-order valence-electron chi connectivity index (χ1n) is 5.56. The molecule has 1 aliphatic heterocycles. The Hall–Kier alpha value is -0.290. The highest BCUT2D eigenvalue weighted by molar-refractivity contribution is 4.69. The van der Waals surface area contributed by atoms with Crippen LogP contribution in [0.1, 0.15) is 25.7 Å². The second-order valence-electron chi connectivity index (χ2n) is 4.12. The monoisotopic (exact) mass is 224 g/mol. The van der Waals surface area contributed by atoms with Crippen LogP contribution < -0.4 is 10.6 Å². The van der Waals surface area contributed by atoms with Crippen molar-refractivity contribution in [1.82, 2.24) is 10.6 Å². The molecule has 2 nitrogen and oxygen atoms in total. The zero-order chi connectivity index (χ0) is 11.1. The Morgan fingerprint density at radius 1 is 1.27 bits per heavy atom. The largest absolute Gasteiger partial charge is 0.390 e. The maximum atomic E-state index is 11.8. The van der Waals surface area contributed by atoms with Gasteiger partial charge in [0.1, 0.15) is 0 Å². The normalized spacial score (nSPS) is 23.0. The van der Waals surface area contributed by atoms with Crippen LogP contribution in [0.5, 0.6) is 0 Å². The molecule has 1 fully saturated rings. The molecule has 1 unspecified atom stereocenters. The number of halogens is 3. The van der Waals surface area contributed by atoms with E-state index < -0.39 is 12.6 Å². The van der Waals surface area contributed by atoms with Crippen molar-refractivity contribution in [2.24, 2.45) is 5.92 Å². The molecular formula is C10H19F3N2. The van der Waals surface area contributed by atoms with Crippen LogP contribution in [-0.4, -0.2) is 32.4 Å². The van der Waals surface area contributed by atoms with Gasteiger partial charge in [-0.25, -0.2) is 0 Å². The lowest BCUT2D eigenvalue weighted by molar-refractivity contribution is -0.133. The number of rotatable bonds is 5. The van der Waals surface area contributed by atoms with Crippen LogP contribution in [0.15, 0.2) is 0 Å². The molecule has 0 bridgehead atoms. The summed E-state index contributed by atoms with van der Waals surface area (Å²) in [5, 5.41) is 6.13. The van der Waals surface area contributed by atoms with Crippen LogP contribution in [0.4, 0.5) is 13.2 Å². The highest BCUT2D eigenvalue weighted by Gasteiger charge is 2.25. The smallest absolute Gasteiger partial charge is 0.316 e. The topological polar surface area (TPSA) is 24.1 Å². The molecule has 1 aliphatic rings. The molecule has 0 aromatic heterocycles. The van der Waals surface area contributed by atoms with Crippen LogP contribution in [-0.2, 0) is 0 Å². The molecule has 1 atom stereocenters. The fourth-order valence-corrected chi connectivity index (χ4v) is 1.83. The van der Waals surface area contributed by atoms with E-state index >= 15 is 0 Å². The molecule has 1 rings (SSSR count). The van der Waals surface area contributed by atoms with Crippen molar-refractivity contribution in [2.45, 2.75) is 31.9 Å². The van der Waals surface area contributed by atoms with Crippen molar-refractivity contribution in [2.75, 3.05) is 26.2 Å². The minimum absolute atomic E-state index is 0.0453. The molecule has 0 aromatic rings. The molecule has 90 valence electrons. The molecule has 0 saturated carbocycles. The maximum absolute atomic E-state index is 11.8.